The lowest BCUT2D eigenvalue weighted by Gasteiger charge is -2.36. The molecule has 1 saturated heterocycles. The van der Waals surface area contributed by atoms with E-state index >= 15 is 0 Å². The molecule has 1 aliphatic heterocycles. The molecule has 5 rings (SSSR count). The molecule has 0 bridgehead atoms. The number of para-hydroxylation sites is 1. The molecule has 0 unspecified atom stereocenters. The molecular formula is C17H15FN4O. The number of benzene rings is 1. The predicted octanol–water partition coefficient (Wildman–Crippen LogP) is 3.24. The summed E-state index contributed by atoms with van der Waals surface area (Å²) in [5, 5.41) is 0. The van der Waals surface area contributed by atoms with Crippen LogP contribution in [0.15, 0.2) is 35.0 Å². The topological polar surface area (TPSA) is 55.1 Å². The first-order valence-electron chi connectivity index (χ1n) is 7.90. The summed E-state index contributed by atoms with van der Waals surface area (Å²) in [5.74, 6) is 1.45. The third kappa shape index (κ3) is 2.17. The molecule has 1 aromatic carbocycles. The van der Waals surface area contributed by atoms with Crippen LogP contribution in [-0.2, 0) is 0 Å². The number of rotatable bonds is 3. The van der Waals surface area contributed by atoms with Crippen LogP contribution in [0.5, 0.6) is 0 Å². The van der Waals surface area contributed by atoms with E-state index in [0.717, 1.165) is 18.9 Å². The molecule has 0 radical (unpaired) electrons. The smallest absolute Gasteiger partial charge is 0.298 e. The van der Waals surface area contributed by atoms with Crippen LogP contribution in [-0.4, -0.2) is 28.0 Å². The first-order chi connectivity index (χ1) is 11.3. The SMILES string of the molecule is Fc1cccc2nc(N3CC(c4ncc(C5CC5)cn4)C3)oc12. The van der Waals surface area contributed by atoms with E-state index in [9.17, 15) is 4.39 Å². The van der Waals surface area contributed by atoms with Gasteiger partial charge in [-0.25, -0.2) is 14.4 Å². The molecule has 0 spiro atoms. The van der Waals surface area contributed by atoms with E-state index in [1.165, 1.54) is 24.5 Å². The second-order valence-corrected chi connectivity index (χ2v) is 6.34. The van der Waals surface area contributed by atoms with E-state index in [2.05, 4.69) is 15.0 Å². The molecule has 6 heteroatoms. The lowest BCUT2D eigenvalue weighted by atomic mass is 10.00. The van der Waals surface area contributed by atoms with Gasteiger partial charge in [0.15, 0.2) is 11.4 Å². The number of hydrogen-bond donors (Lipinski definition) is 0. The van der Waals surface area contributed by atoms with Crippen molar-refractivity contribution in [1.82, 2.24) is 15.0 Å². The second-order valence-electron chi connectivity index (χ2n) is 6.34. The summed E-state index contributed by atoms with van der Waals surface area (Å²) in [4.78, 5) is 15.3. The molecular weight excluding hydrogens is 295 g/mol. The molecule has 23 heavy (non-hydrogen) atoms. The minimum Gasteiger partial charge on any atom is -0.420 e. The van der Waals surface area contributed by atoms with Gasteiger partial charge in [0.25, 0.3) is 6.01 Å². The summed E-state index contributed by atoms with van der Waals surface area (Å²) in [7, 11) is 0. The highest BCUT2D eigenvalue weighted by Gasteiger charge is 2.34. The Hall–Kier alpha value is -2.50. The molecule has 1 saturated carbocycles. The third-order valence-corrected chi connectivity index (χ3v) is 4.61. The third-order valence-electron chi connectivity index (χ3n) is 4.61. The Morgan fingerprint density at radius 2 is 1.87 bits per heavy atom. The zero-order valence-corrected chi connectivity index (χ0v) is 12.4. The zero-order valence-electron chi connectivity index (χ0n) is 12.4. The van der Waals surface area contributed by atoms with Crippen molar-refractivity contribution in [2.45, 2.75) is 24.7 Å². The maximum absolute atomic E-state index is 13.7. The molecule has 0 N–H and O–H groups in total. The molecule has 3 aromatic rings. The summed E-state index contributed by atoms with van der Waals surface area (Å²) in [6.45, 7) is 1.49. The van der Waals surface area contributed by atoms with E-state index in [1.807, 2.05) is 17.3 Å². The van der Waals surface area contributed by atoms with Crippen molar-refractivity contribution in [2.75, 3.05) is 18.0 Å². The van der Waals surface area contributed by atoms with Crippen LogP contribution in [0.25, 0.3) is 11.1 Å². The molecule has 1 aliphatic carbocycles. The van der Waals surface area contributed by atoms with Gasteiger partial charge < -0.3 is 9.32 Å². The van der Waals surface area contributed by atoms with E-state index in [1.54, 1.807) is 12.1 Å². The number of hydrogen-bond acceptors (Lipinski definition) is 5. The molecule has 2 aliphatic rings. The molecule has 2 aromatic heterocycles. The lowest BCUT2D eigenvalue weighted by molar-refractivity contribution is 0.444. The van der Waals surface area contributed by atoms with E-state index in [0.29, 0.717) is 17.4 Å². The van der Waals surface area contributed by atoms with Crippen LogP contribution >= 0.6 is 0 Å². The molecule has 3 heterocycles. The monoisotopic (exact) mass is 310 g/mol. The number of anilines is 1. The minimum atomic E-state index is -0.377. The number of fused-ring (bicyclic) bond motifs is 1. The van der Waals surface area contributed by atoms with Crippen molar-refractivity contribution in [2.24, 2.45) is 0 Å². The van der Waals surface area contributed by atoms with Crippen molar-refractivity contribution < 1.29 is 8.81 Å². The molecule has 0 atom stereocenters. The lowest BCUT2D eigenvalue weighted by Crippen LogP contribution is -2.45. The molecule has 0 amide bonds. The first-order valence-corrected chi connectivity index (χ1v) is 7.90. The Labute approximate surface area is 132 Å². The van der Waals surface area contributed by atoms with Crippen LogP contribution in [0.3, 0.4) is 0 Å². The van der Waals surface area contributed by atoms with Crippen molar-refractivity contribution in [3.05, 3.63) is 47.8 Å². The van der Waals surface area contributed by atoms with Crippen LogP contribution < -0.4 is 4.90 Å². The highest BCUT2D eigenvalue weighted by atomic mass is 19.1. The Morgan fingerprint density at radius 3 is 2.57 bits per heavy atom. The molecule has 5 nitrogen and oxygen atoms in total. The Balaban J connectivity index is 1.32. The Bertz CT molecular complexity index is 866. The van der Waals surface area contributed by atoms with Gasteiger partial charge in [0, 0.05) is 25.5 Å². The number of halogens is 1. The minimum absolute atomic E-state index is 0.219. The molecule has 2 fully saturated rings. The van der Waals surface area contributed by atoms with Gasteiger partial charge in [-0.1, -0.05) is 6.07 Å². The first kappa shape index (κ1) is 13.0. The van der Waals surface area contributed by atoms with Gasteiger partial charge >= 0.3 is 0 Å². The normalized spacial score (nSPS) is 18.4. The van der Waals surface area contributed by atoms with Crippen molar-refractivity contribution in [3.8, 4) is 0 Å². The van der Waals surface area contributed by atoms with Gasteiger partial charge in [-0.2, -0.15) is 4.98 Å². The summed E-state index contributed by atoms with van der Waals surface area (Å²) in [6, 6.07) is 5.24. The fourth-order valence-corrected chi connectivity index (χ4v) is 3.02. The predicted molar refractivity (Wildman–Crippen MR) is 82.9 cm³/mol. The summed E-state index contributed by atoms with van der Waals surface area (Å²) in [6.07, 6.45) is 6.43. The van der Waals surface area contributed by atoms with E-state index in [4.69, 9.17) is 4.42 Å². The quantitative estimate of drug-likeness (QED) is 0.743. The van der Waals surface area contributed by atoms with Gasteiger partial charge in [0.1, 0.15) is 11.3 Å². The fraction of sp³-hybridized carbons (Fsp3) is 0.353. The fourth-order valence-electron chi connectivity index (χ4n) is 3.02. The molecule has 116 valence electrons. The standard InChI is InChI=1S/C17H15FN4O/c18-13-2-1-3-14-15(13)23-17(21-14)22-8-12(9-22)16-19-6-11(7-20-16)10-4-5-10/h1-3,6-7,10,12H,4-5,8-9H2. The Kier molecular flexibility index (Phi) is 2.68. The van der Waals surface area contributed by atoms with Crippen LogP contribution in [0.4, 0.5) is 10.4 Å². The van der Waals surface area contributed by atoms with Gasteiger partial charge in [-0.3, -0.25) is 0 Å². The maximum atomic E-state index is 13.7. The van der Waals surface area contributed by atoms with Gasteiger partial charge in [-0.05, 0) is 36.5 Å². The highest BCUT2D eigenvalue weighted by molar-refractivity contribution is 5.75. The summed E-state index contributed by atoms with van der Waals surface area (Å²) in [5.41, 5.74) is 2.02. The van der Waals surface area contributed by atoms with Gasteiger partial charge in [0.2, 0.25) is 0 Å². The van der Waals surface area contributed by atoms with Crippen molar-refractivity contribution in [1.29, 1.82) is 0 Å². The highest BCUT2D eigenvalue weighted by Crippen LogP contribution is 2.39. The maximum Gasteiger partial charge on any atom is 0.298 e. The van der Waals surface area contributed by atoms with Gasteiger partial charge in [-0.15, -0.1) is 0 Å². The van der Waals surface area contributed by atoms with E-state index < -0.39 is 0 Å². The number of nitrogens with zero attached hydrogens (tertiary/aromatic N) is 4. The van der Waals surface area contributed by atoms with Crippen LogP contribution in [0, 0.1) is 5.82 Å². The van der Waals surface area contributed by atoms with E-state index in [-0.39, 0.29) is 17.3 Å². The second kappa shape index (κ2) is 4.75. The average Bonchev–Trinajstić information content (AvgIpc) is 3.27. The number of oxazole rings is 1. The Morgan fingerprint density at radius 1 is 1.09 bits per heavy atom. The zero-order chi connectivity index (χ0) is 15.4. The number of aromatic nitrogens is 3. The average molecular weight is 310 g/mol. The van der Waals surface area contributed by atoms with Crippen molar-refractivity contribution >= 4 is 17.1 Å². The largest absolute Gasteiger partial charge is 0.420 e. The van der Waals surface area contributed by atoms with Gasteiger partial charge in [0.05, 0.1) is 5.92 Å². The van der Waals surface area contributed by atoms with Crippen molar-refractivity contribution in [3.63, 3.8) is 0 Å². The van der Waals surface area contributed by atoms with Crippen LogP contribution in [0.1, 0.15) is 36.1 Å². The summed E-state index contributed by atoms with van der Waals surface area (Å²) >= 11 is 0. The summed E-state index contributed by atoms with van der Waals surface area (Å²) < 4.78 is 19.2. The van der Waals surface area contributed by atoms with Crippen LogP contribution in [0.2, 0.25) is 0 Å².